The first-order valence-electron chi connectivity index (χ1n) is 14.3. The third kappa shape index (κ3) is 7.46. The Balaban J connectivity index is 1.83. The Bertz CT molecular complexity index is 1600. The molecule has 4 aromatic rings. The van der Waals surface area contributed by atoms with Crippen LogP contribution in [0.1, 0.15) is 73.1 Å². The second-order valence-corrected chi connectivity index (χ2v) is 12.2. The molecular formula is C35H41N3O4. The molecule has 7 heteroatoms. The topological polar surface area (TPSA) is 104 Å². The van der Waals surface area contributed by atoms with Gasteiger partial charge in [0.15, 0.2) is 0 Å². The van der Waals surface area contributed by atoms with Crippen LogP contribution in [0.5, 0.6) is 5.75 Å². The predicted molar refractivity (Wildman–Crippen MR) is 168 cm³/mol. The minimum absolute atomic E-state index is 0.0516. The summed E-state index contributed by atoms with van der Waals surface area (Å²) in [5.41, 5.74) is 12.1. The third-order valence-electron chi connectivity index (χ3n) is 6.94. The van der Waals surface area contributed by atoms with Crippen LogP contribution in [0.25, 0.3) is 21.9 Å². The van der Waals surface area contributed by atoms with Crippen LogP contribution in [0.4, 0.5) is 4.79 Å². The highest BCUT2D eigenvalue weighted by Gasteiger charge is 2.23. The summed E-state index contributed by atoms with van der Waals surface area (Å²) in [4.78, 5) is 30.1. The number of pyridine rings is 1. The molecule has 1 heterocycles. The zero-order valence-corrected chi connectivity index (χ0v) is 25.6. The van der Waals surface area contributed by atoms with Crippen molar-refractivity contribution in [2.24, 2.45) is 11.7 Å². The van der Waals surface area contributed by atoms with E-state index >= 15 is 0 Å². The monoisotopic (exact) mass is 567 g/mol. The molecule has 3 aromatic carbocycles. The van der Waals surface area contributed by atoms with Crippen molar-refractivity contribution in [3.05, 3.63) is 94.3 Å². The van der Waals surface area contributed by atoms with Crippen molar-refractivity contribution in [1.82, 2.24) is 10.3 Å². The molecule has 4 rings (SSSR count). The maximum Gasteiger partial charge on any atom is 0.407 e. The normalized spacial score (nSPS) is 11.5. The van der Waals surface area contributed by atoms with Crippen LogP contribution in [-0.4, -0.2) is 22.5 Å². The highest BCUT2D eigenvalue weighted by atomic mass is 16.5. The van der Waals surface area contributed by atoms with Crippen molar-refractivity contribution in [1.29, 1.82) is 0 Å². The number of nitrogens with one attached hydrogen (secondary N) is 1. The molecule has 0 fully saturated rings. The molecule has 3 N–H and O–H groups in total. The fourth-order valence-corrected chi connectivity index (χ4v) is 4.96. The van der Waals surface area contributed by atoms with Gasteiger partial charge >= 0.3 is 6.09 Å². The zero-order chi connectivity index (χ0) is 30.6. The maximum atomic E-state index is 12.7. The SMILES string of the molecule is Cc1ccc(-c2c(COc3cc4ccccc4cc3C(N)=O)c(C)nc(CC(C)C)c2COC(=O)NC(C)(C)C)cc1. The molecule has 0 saturated heterocycles. The molecular weight excluding hydrogens is 526 g/mol. The zero-order valence-electron chi connectivity index (χ0n) is 25.6. The van der Waals surface area contributed by atoms with Gasteiger partial charge in [-0.15, -0.1) is 0 Å². The number of nitrogens with two attached hydrogens (primary N) is 1. The summed E-state index contributed by atoms with van der Waals surface area (Å²) in [6, 6.07) is 19.6. The number of rotatable bonds is 9. The molecule has 0 unspecified atom stereocenters. The average Bonchev–Trinajstić information content (AvgIpc) is 2.90. The molecule has 0 atom stereocenters. The van der Waals surface area contributed by atoms with E-state index < -0.39 is 17.5 Å². The van der Waals surface area contributed by atoms with Crippen molar-refractivity contribution >= 4 is 22.8 Å². The van der Waals surface area contributed by atoms with E-state index in [1.165, 1.54) is 0 Å². The number of hydrogen-bond donors (Lipinski definition) is 2. The Hall–Kier alpha value is -4.39. The van der Waals surface area contributed by atoms with Gasteiger partial charge in [0.2, 0.25) is 0 Å². The number of alkyl carbamates (subject to hydrolysis) is 1. The number of fused-ring (bicyclic) bond motifs is 1. The van der Waals surface area contributed by atoms with Gasteiger partial charge in [0, 0.05) is 28.1 Å². The number of ether oxygens (including phenoxy) is 2. The van der Waals surface area contributed by atoms with E-state index in [-0.39, 0.29) is 13.2 Å². The number of amides is 2. The van der Waals surface area contributed by atoms with Crippen LogP contribution >= 0.6 is 0 Å². The van der Waals surface area contributed by atoms with Gasteiger partial charge < -0.3 is 20.5 Å². The van der Waals surface area contributed by atoms with E-state index in [1.807, 2.05) is 65.0 Å². The number of aromatic nitrogens is 1. The number of nitrogens with zero attached hydrogens (tertiary/aromatic N) is 1. The number of primary amides is 1. The number of aryl methyl sites for hydroxylation is 2. The van der Waals surface area contributed by atoms with Gasteiger partial charge in [-0.2, -0.15) is 0 Å². The molecule has 0 aliphatic heterocycles. The van der Waals surface area contributed by atoms with E-state index in [0.717, 1.165) is 56.4 Å². The number of hydrogen-bond acceptors (Lipinski definition) is 5. The minimum atomic E-state index is -0.560. The van der Waals surface area contributed by atoms with Crippen molar-refractivity contribution in [3.8, 4) is 16.9 Å². The highest BCUT2D eigenvalue weighted by molar-refractivity contribution is 6.00. The molecule has 0 saturated carbocycles. The Morgan fingerprint density at radius 2 is 1.57 bits per heavy atom. The van der Waals surface area contributed by atoms with Gasteiger partial charge in [0.05, 0.1) is 5.56 Å². The lowest BCUT2D eigenvalue weighted by atomic mass is 9.90. The summed E-state index contributed by atoms with van der Waals surface area (Å²) < 4.78 is 12.1. The third-order valence-corrected chi connectivity index (χ3v) is 6.94. The smallest absolute Gasteiger partial charge is 0.407 e. The maximum absolute atomic E-state index is 12.7. The van der Waals surface area contributed by atoms with Gasteiger partial charge in [-0.25, -0.2) is 4.79 Å². The predicted octanol–water partition coefficient (Wildman–Crippen LogP) is 7.42. The first kappa shape index (κ1) is 30.6. The Morgan fingerprint density at radius 1 is 0.929 bits per heavy atom. The number of benzene rings is 3. The molecule has 0 aliphatic rings. The molecule has 42 heavy (non-hydrogen) atoms. The summed E-state index contributed by atoms with van der Waals surface area (Å²) in [6.07, 6.45) is 0.227. The molecule has 0 radical (unpaired) electrons. The van der Waals surface area contributed by atoms with E-state index in [4.69, 9.17) is 20.2 Å². The summed E-state index contributed by atoms with van der Waals surface area (Å²) >= 11 is 0. The first-order chi connectivity index (χ1) is 19.8. The molecule has 0 aliphatic carbocycles. The van der Waals surface area contributed by atoms with Crippen molar-refractivity contribution in [3.63, 3.8) is 0 Å². The second-order valence-electron chi connectivity index (χ2n) is 12.2. The molecule has 220 valence electrons. The first-order valence-corrected chi connectivity index (χ1v) is 14.3. The van der Waals surface area contributed by atoms with Gasteiger partial charge in [0.25, 0.3) is 5.91 Å². The van der Waals surface area contributed by atoms with E-state index in [0.29, 0.717) is 17.2 Å². The summed E-state index contributed by atoms with van der Waals surface area (Å²) in [5.74, 6) is 0.183. The fraction of sp³-hybridized carbons (Fsp3) is 0.343. The Morgan fingerprint density at radius 3 is 2.17 bits per heavy atom. The van der Waals surface area contributed by atoms with Crippen LogP contribution in [0.2, 0.25) is 0 Å². The number of carbonyl (C=O) groups excluding carboxylic acids is 2. The summed E-state index contributed by atoms with van der Waals surface area (Å²) in [6.45, 7) is 14.2. The lowest BCUT2D eigenvalue weighted by Crippen LogP contribution is -2.40. The van der Waals surface area contributed by atoms with Crippen molar-refractivity contribution < 1.29 is 19.1 Å². The van der Waals surface area contributed by atoms with Crippen molar-refractivity contribution in [2.75, 3.05) is 0 Å². The van der Waals surface area contributed by atoms with E-state index in [2.05, 4.69) is 43.4 Å². The standard InChI is InChI=1S/C35H41N3O4/c1-21(2)16-30-29(20-42-34(40)38-35(5,6)7)32(24-14-12-22(3)13-15-24)28(23(4)37-30)19-41-31-18-26-11-9-8-10-25(26)17-27(31)33(36)39/h8-15,17-18,21H,16,19-20H2,1-7H3,(H2,36,39)(H,38,40). The molecule has 0 spiro atoms. The average molecular weight is 568 g/mol. The quantitative estimate of drug-likeness (QED) is 0.219. The fourth-order valence-electron chi connectivity index (χ4n) is 4.96. The molecule has 7 nitrogen and oxygen atoms in total. The van der Waals surface area contributed by atoms with Crippen LogP contribution in [-0.2, 0) is 24.4 Å². The van der Waals surface area contributed by atoms with Crippen LogP contribution in [0.15, 0.2) is 60.7 Å². The second kappa shape index (κ2) is 12.6. The van der Waals surface area contributed by atoms with E-state index in [1.54, 1.807) is 6.07 Å². The largest absolute Gasteiger partial charge is 0.488 e. The number of carbonyl (C=O) groups is 2. The lowest BCUT2D eigenvalue weighted by molar-refractivity contribution is 0.0996. The summed E-state index contributed by atoms with van der Waals surface area (Å²) in [5, 5.41) is 4.72. The summed E-state index contributed by atoms with van der Waals surface area (Å²) in [7, 11) is 0. The highest BCUT2D eigenvalue weighted by Crippen LogP contribution is 2.35. The molecule has 0 bridgehead atoms. The van der Waals surface area contributed by atoms with Crippen LogP contribution < -0.4 is 15.8 Å². The Kier molecular flexibility index (Phi) is 9.20. The van der Waals surface area contributed by atoms with Gasteiger partial charge in [-0.1, -0.05) is 67.9 Å². The van der Waals surface area contributed by atoms with Crippen LogP contribution in [0.3, 0.4) is 0 Å². The molecule has 2 amide bonds. The van der Waals surface area contributed by atoms with E-state index in [9.17, 15) is 9.59 Å². The Labute approximate surface area is 248 Å². The minimum Gasteiger partial charge on any atom is -0.488 e. The van der Waals surface area contributed by atoms with Crippen LogP contribution in [0, 0.1) is 19.8 Å². The molecule has 1 aromatic heterocycles. The van der Waals surface area contributed by atoms with Gasteiger partial charge in [-0.05, 0) is 81.0 Å². The lowest BCUT2D eigenvalue weighted by Gasteiger charge is -2.24. The van der Waals surface area contributed by atoms with Crippen molar-refractivity contribution in [2.45, 2.75) is 73.6 Å². The van der Waals surface area contributed by atoms with Gasteiger partial charge in [0.1, 0.15) is 19.0 Å². The van der Waals surface area contributed by atoms with Gasteiger partial charge in [-0.3, -0.25) is 9.78 Å².